The van der Waals surface area contributed by atoms with Crippen LogP contribution in [0.4, 0.5) is 11.4 Å². The van der Waals surface area contributed by atoms with Gasteiger partial charge in [-0.05, 0) is 35.8 Å². The molecule has 124 valence electrons. The van der Waals surface area contributed by atoms with Gasteiger partial charge in [0, 0.05) is 19.2 Å². The molecule has 6 nitrogen and oxygen atoms in total. The van der Waals surface area contributed by atoms with Gasteiger partial charge in [0.25, 0.3) is 5.69 Å². The van der Waals surface area contributed by atoms with E-state index in [1.165, 1.54) is 30.4 Å². The van der Waals surface area contributed by atoms with Crippen LogP contribution in [0.3, 0.4) is 0 Å². The summed E-state index contributed by atoms with van der Waals surface area (Å²) in [7, 11) is 1.48. The highest BCUT2D eigenvalue weighted by atomic mass is 32.1. The van der Waals surface area contributed by atoms with E-state index in [-0.39, 0.29) is 5.69 Å². The number of rotatable bonds is 3. The second-order valence-electron chi connectivity index (χ2n) is 5.51. The van der Waals surface area contributed by atoms with Gasteiger partial charge in [-0.2, -0.15) is 0 Å². The Morgan fingerprint density at radius 3 is 2.75 bits per heavy atom. The van der Waals surface area contributed by atoms with Gasteiger partial charge in [0.15, 0.2) is 5.11 Å². The Morgan fingerprint density at radius 1 is 1.29 bits per heavy atom. The number of thiocarbonyl (C=S) groups is 1. The first kappa shape index (κ1) is 16.2. The lowest BCUT2D eigenvalue weighted by Crippen LogP contribution is -2.38. The molecule has 0 spiro atoms. The number of fused-ring (bicyclic) bond motifs is 1. The minimum absolute atomic E-state index is 0.0183. The van der Waals surface area contributed by atoms with E-state index in [1.54, 1.807) is 6.07 Å². The number of nitro benzene ring substituents is 1. The van der Waals surface area contributed by atoms with Gasteiger partial charge in [0.1, 0.15) is 5.75 Å². The molecular weight excluding hydrogens is 326 g/mol. The van der Waals surface area contributed by atoms with E-state index in [2.05, 4.69) is 22.3 Å². The number of hydrogen-bond donors (Lipinski definition) is 1. The van der Waals surface area contributed by atoms with Gasteiger partial charge in [-0.25, -0.2) is 0 Å². The molecule has 0 bridgehead atoms. The van der Waals surface area contributed by atoms with E-state index in [1.807, 2.05) is 12.1 Å². The number of nitrogens with one attached hydrogen (secondary N) is 1. The zero-order chi connectivity index (χ0) is 17.1. The molecule has 0 saturated heterocycles. The second kappa shape index (κ2) is 6.84. The number of non-ortho nitro benzene ring substituents is 1. The Labute approximate surface area is 145 Å². The van der Waals surface area contributed by atoms with Gasteiger partial charge in [-0.15, -0.1) is 0 Å². The zero-order valence-electron chi connectivity index (χ0n) is 13.2. The molecule has 2 aromatic carbocycles. The molecule has 2 aromatic rings. The van der Waals surface area contributed by atoms with Crippen molar-refractivity contribution >= 4 is 28.7 Å². The largest absolute Gasteiger partial charge is 0.494 e. The van der Waals surface area contributed by atoms with Crippen LogP contribution in [0.5, 0.6) is 5.75 Å². The van der Waals surface area contributed by atoms with Crippen LogP contribution in [-0.4, -0.2) is 28.6 Å². The van der Waals surface area contributed by atoms with Crippen LogP contribution in [0.25, 0.3) is 0 Å². The lowest BCUT2D eigenvalue weighted by molar-refractivity contribution is -0.384. The molecule has 0 aromatic heterocycles. The molecule has 0 saturated carbocycles. The predicted octanol–water partition coefficient (Wildman–Crippen LogP) is 3.36. The smallest absolute Gasteiger partial charge is 0.273 e. The Kier molecular flexibility index (Phi) is 4.61. The van der Waals surface area contributed by atoms with Gasteiger partial charge in [0.05, 0.1) is 23.8 Å². The summed E-state index contributed by atoms with van der Waals surface area (Å²) in [5.74, 6) is 0.393. The monoisotopic (exact) mass is 343 g/mol. The number of ether oxygens (including phenoxy) is 1. The Balaban J connectivity index is 1.75. The standard InChI is InChI=1S/C17H17N3O3S/c1-23-16-10-14(20(21)22)6-7-15(16)18-17(24)19-9-8-12-4-2-3-5-13(12)11-19/h2-7,10H,8-9,11H2,1H3,(H,18,24). The quantitative estimate of drug-likeness (QED) is 0.524. The van der Waals surface area contributed by atoms with Crippen molar-refractivity contribution in [2.24, 2.45) is 0 Å². The van der Waals surface area contributed by atoms with Crippen LogP contribution in [-0.2, 0) is 13.0 Å². The molecule has 0 radical (unpaired) electrons. The van der Waals surface area contributed by atoms with Gasteiger partial charge in [-0.1, -0.05) is 24.3 Å². The van der Waals surface area contributed by atoms with E-state index in [4.69, 9.17) is 17.0 Å². The Morgan fingerprint density at radius 2 is 2.04 bits per heavy atom. The fourth-order valence-electron chi connectivity index (χ4n) is 2.76. The van der Waals surface area contributed by atoms with Gasteiger partial charge >= 0.3 is 0 Å². The van der Waals surface area contributed by atoms with E-state index in [0.717, 1.165) is 19.5 Å². The summed E-state index contributed by atoms with van der Waals surface area (Å²) in [5, 5.41) is 14.6. The van der Waals surface area contributed by atoms with E-state index in [0.29, 0.717) is 16.5 Å². The van der Waals surface area contributed by atoms with Crippen molar-refractivity contribution in [3.63, 3.8) is 0 Å². The average molecular weight is 343 g/mol. The predicted molar refractivity (Wildman–Crippen MR) is 96.4 cm³/mol. The molecule has 1 N–H and O–H groups in total. The maximum Gasteiger partial charge on any atom is 0.273 e. The van der Waals surface area contributed by atoms with Gasteiger partial charge in [-0.3, -0.25) is 10.1 Å². The number of benzene rings is 2. The first-order chi connectivity index (χ1) is 11.6. The molecule has 0 amide bonds. The van der Waals surface area contributed by atoms with Crippen molar-refractivity contribution in [3.8, 4) is 5.75 Å². The maximum atomic E-state index is 10.9. The molecule has 0 atom stereocenters. The molecule has 24 heavy (non-hydrogen) atoms. The van der Waals surface area contributed by atoms with E-state index in [9.17, 15) is 10.1 Å². The summed E-state index contributed by atoms with van der Waals surface area (Å²) in [6.07, 6.45) is 0.940. The van der Waals surface area contributed by atoms with Gasteiger partial charge < -0.3 is 15.0 Å². The molecule has 1 heterocycles. The third-order valence-corrected chi connectivity index (χ3v) is 4.42. The van der Waals surface area contributed by atoms with Crippen molar-refractivity contribution in [3.05, 3.63) is 63.7 Å². The molecular formula is C17H17N3O3S. The highest BCUT2D eigenvalue weighted by Crippen LogP contribution is 2.29. The number of methoxy groups -OCH3 is 1. The third-order valence-electron chi connectivity index (χ3n) is 4.06. The summed E-state index contributed by atoms with van der Waals surface area (Å²) in [6.45, 7) is 1.58. The van der Waals surface area contributed by atoms with Crippen molar-refractivity contribution < 1.29 is 9.66 Å². The molecule has 0 aliphatic carbocycles. The van der Waals surface area contributed by atoms with Crippen LogP contribution in [0.1, 0.15) is 11.1 Å². The van der Waals surface area contributed by atoms with E-state index >= 15 is 0 Å². The SMILES string of the molecule is COc1cc([N+](=O)[O-])ccc1NC(=S)N1CCc2ccccc2C1. The topological polar surface area (TPSA) is 67.6 Å². The van der Waals surface area contributed by atoms with E-state index < -0.39 is 4.92 Å². The van der Waals surface area contributed by atoms with Crippen molar-refractivity contribution in [2.75, 3.05) is 19.0 Å². The summed E-state index contributed by atoms with van der Waals surface area (Å²) in [6, 6.07) is 12.8. The first-order valence-electron chi connectivity index (χ1n) is 7.53. The summed E-state index contributed by atoms with van der Waals surface area (Å²) < 4.78 is 5.24. The summed E-state index contributed by atoms with van der Waals surface area (Å²) in [4.78, 5) is 12.5. The summed E-state index contributed by atoms with van der Waals surface area (Å²) >= 11 is 5.50. The van der Waals surface area contributed by atoms with Crippen LogP contribution in [0.2, 0.25) is 0 Å². The van der Waals surface area contributed by atoms with Gasteiger partial charge in [0.2, 0.25) is 0 Å². The fourth-order valence-corrected chi connectivity index (χ4v) is 3.03. The number of hydrogen-bond acceptors (Lipinski definition) is 4. The highest BCUT2D eigenvalue weighted by molar-refractivity contribution is 7.80. The second-order valence-corrected chi connectivity index (χ2v) is 5.90. The molecule has 1 aliphatic rings. The highest BCUT2D eigenvalue weighted by Gasteiger charge is 2.19. The molecule has 7 heteroatoms. The summed E-state index contributed by atoms with van der Waals surface area (Å²) in [5.41, 5.74) is 3.22. The van der Waals surface area contributed by atoms with Crippen molar-refractivity contribution in [2.45, 2.75) is 13.0 Å². The average Bonchev–Trinajstić information content (AvgIpc) is 2.61. The van der Waals surface area contributed by atoms with Crippen molar-refractivity contribution in [1.82, 2.24) is 4.90 Å². The first-order valence-corrected chi connectivity index (χ1v) is 7.94. The number of anilines is 1. The zero-order valence-corrected chi connectivity index (χ0v) is 14.0. The Hall–Kier alpha value is -2.67. The van der Waals surface area contributed by atoms with Crippen LogP contribution in [0.15, 0.2) is 42.5 Å². The minimum Gasteiger partial charge on any atom is -0.494 e. The van der Waals surface area contributed by atoms with Crippen LogP contribution in [0, 0.1) is 10.1 Å². The lowest BCUT2D eigenvalue weighted by Gasteiger charge is -2.31. The molecule has 3 rings (SSSR count). The van der Waals surface area contributed by atoms with Crippen LogP contribution < -0.4 is 10.1 Å². The molecule has 0 unspecified atom stereocenters. The van der Waals surface area contributed by atoms with Crippen LogP contribution >= 0.6 is 12.2 Å². The number of nitro groups is 1. The maximum absolute atomic E-state index is 10.9. The normalized spacial score (nSPS) is 13.1. The Bertz CT molecular complexity index is 794. The minimum atomic E-state index is -0.452. The fraction of sp³-hybridized carbons (Fsp3) is 0.235. The third kappa shape index (κ3) is 3.30. The molecule has 0 fully saturated rings. The number of nitrogens with zero attached hydrogens (tertiary/aromatic N) is 2. The molecule has 1 aliphatic heterocycles. The van der Waals surface area contributed by atoms with Crippen molar-refractivity contribution in [1.29, 1.82) is 0 Å². The lowest BCUT2D eigenvalue weighted by atomic mass is 10.0.